The van der Waals surface area contributed by atoms with Crippen LogP contribution in [0.25, 0.3) is 10.9 Å². The molecule has 1 atom stereocenters. The fraction of sp³-hybridized carbons (Fsp3) is 0.423. The molecule has 1 unspecified atom stereocenters. The van der Waals surface area contributed by atoms with Crippen LogP contribution in [0.1, 0.15) is 39.7 Å². The van der Waals surface area contributed by atoms with E-state index in [1.54, 1.807) is 10.6 Å². The average Bonchev–Trinajstić information content (AvgIpc) is 2.82. The van der Waals surface area contributed by atoms with Crippen LogP contribution < -0.4 is 5.56 Å². The van der Waals surface area contributed by atoms with E-state index in [2.05, 4.69) is 0 Å². The lowest BCUT2D eigenvalue weighted by molar-refractivity contribution is -0.130. The molecule has 0 bridgehead atoms. The Morgan fingerprint density at radius 3 is 2.48 bits per heavy atom. The SMILES string of the molecule is CCN(Cc1ccccc1)C(=O)C(C)Sc1nc2ccccc2c(=O)n1CCCOC(C)C. The van der Waals surface area contributed by atoms with Crippen molar-refractivity contribution in [1.82, 2.24) is 14.5 Å². The van der Waals surface area contributed by atoms with Gasteiger partial charge in [0, 0.05) is 26.2 Å². The summed E-state index contributed by atoms with van der Waals surface area (Å²) in [6.07, 6.45) is 0.843. The van der Waals surface area contributed by atoms with Crippen molar-refractivity contribution in [3.63, 3.8) is 0 Å². The Morgan fingerprint density at radius 1 is 1.09 bits per heavy atom. The number of hydrogen-bond acceptors (Lipinski definition) is 5. The van der Waals surface area contributed by atoms with Crippen LogP contribution in [0.2, 0.25) is 0 Å². The zero-order chi connectivity index (χ0) is 23.8. The Kier molecular flexibility index (Phi) is 9.09. The first-order chi connectivity index (χ1) is 15.9. The van der Waals surface area contributed by atoms with Crippen LogP contribution in [0.5, 0.6) is 0 Å². The minimum atomic E-state index is -0.375. The van der Waals surface area contributed by atoms with Gasteiger partial charge < -0.3 is 9.64 Å². The van der Waals surface area contributed by atoms with Crippen molar-refractivity contribution in [1.29, 1.82) is 0 Å². The lowest BCUT2D eigenvalue weighted by atomic mass is 10.2. The summed E-state index contributed by atoms with van der Waals surface area (Å²) in [5, 5.41) is 0.782. The summed E-state index contributed by atoms with van der Waals surface area (Å²) in [4.78, 5) is 33.1. The number of amides is 1. The topological polar surface area (TPSA) is 64.4 Å². The third kappa shape index (κ3) is 6.68. The Bertz CT molecular complexity index is 1110. The molecule has 1 aromatic heterocycles. The normalized spacial score (nSPS) is 12.3. The first-order valence-electron chi connectivity index (χ1n) is 11.5. The molecule has 176 valence electrons. The fourth-order valence-corrected chi connectivity index (χ4v) is 4.61. The van der Waals surface area contributed by atoms with E-state index < -0.39 is 0 Å². The molecular weight excluding hydrogens is 434 g/mol. The first-order valence-corrected chi connectivity index (χ1v) is 12.4. The molecule has 0 aliphatic heterocycles. The molecule has 0 spiro atoms. The highest BCUT2D eigenvalue weighted by Gasteiger charge is 2.23. The molecule has 0 saturated heterocycles. The van der Waals surface area contributed by atoms with Crippen LogP contribution >= 0.6 is 11.8 Å². The number of para-hydroxylation sites is 1. The van der Waals surface area contributed by atoms with Crippen molar-refractivity contribution in [2.24, 2.45) is 0 Å². The first kappa shape index (κ1) is 25.0. The van der Waals surface area contributed by atoms with Crippen LogP contribution in [0.15, 0.2) is 64.5 Å². The number of carbonyl (C=O) groups excluding carboxylic acids is 1. The van der Waals surface area contributed by atoms with Gasteiger partial charge in [0.15, 0.2) is 5.16 Å². The number of aromatic nitrogens is 2. The van der Waals surface area contributed by atoms with Gasteiger partial charge in [-0.1, -0.05) is 54.2 Å². The molecule has 0 aliphatic rings. The van der Waals surface area contributed by atoms with Gasteiger partial charge in [-0.25, -0.2) is 4.98 Å². The monoisotopic (exact) mass is 467 g/mol. The smallest absolute Gasteiger partial charge is 0.262 e. The van der Waals surface area contributed by atoms with Crippen LogP contribution in [-0.2, 0) is 22.6 Å². The van der Waals surface area contributed by atoms with Crippen molar-refractivity contribution < 1.29 is 9.53 Å². The molecule has 0 N–H and O–H groups in total. The third-order valence-corrected chi connectivity index (χ3v) is 6.42. The van der Waals surface area contributed by atoms with E-state index in [0.717, 1.165) is 5.56 Å². The van der Waals surface area contributed by atoms with E-state index in [0.29, 0.717) is 48.7 Å². The lowest BCUT2D eigenvalue weighted by Gasteiger charge is -2.25. The van der Waals surface area contributed by atoms with Crippen molar-refractivity contribution in [2.75, 3.05) is 13.2 Å². The number of benzene rings is 2. The summed E-state index contributed by atoms with van der Waals surface area (Å²) in [5.41, 5.74) is 1.66. The zero-order valence-electron chi connectivity index (χ0n) is 19.9. The van der Waals surface area contributed by atoms with E-state index in [9.17, 15) is 9.59 Å². The molecule has 2 aromatic carbocycles. The molecule has 0 saturated carbocycles. The number of hydrogen-bond donors (Lipinski definition) is 0. The van der Waals surface area contributed by atoms with Crippen molar-refractivity contribution in [2.45, 2.75) is 63.7 Å². The molecule has 0 radical (unpaired) electrons. The van der Waals surface area contributed by atoms with E-state index in [1.807, 2.05) is 81.1 Å². The summed E-state index contributed by atoms with van der Waals surface area (Å²) < 4.78 is 7.34. The number of nitrogens with zero attached hydrogens (tertiary/aromatic N) is 3. The third-order valence-electron chi connectivity index (χ3n) is 5.34. The minimum absolute atomic E-state index is 0.0310. The summed E-state index contributed by atoms with van der Waals surface area (Å²) in [7, 11) is 0. The number of fused-ring (bicyclic) bond motifs is 1. The standard InChI is InChI=1S/C26H33N3O3S/c1-5-28(18-21-12-7-6-8-13-21)24(30)20(4)33-26-27-23-15-10-9-14-22(23)25(31)29(26)16-11-17-32-19(2)3/h6-10,12-15,19-20H,5,11,16-18H2,1-4H3. The van der Waals surface area contributed by atoms with Gasteiger partial charge in [0.1, 0.15) is 0 Å². The van der Waals surface area contributed by atoms with Crippen LogP contribution in [-0.4, -0.2) is 44.9 Å². The predicted octanol–water partition coefficient (Wildman–Crippen LogP) is 4.74. The van der Waals surface area contributed by atoms with Gasteiger partial charge in [0.25, 0.3) is 5.56 Å². The second-order valence-corrected chi connectivity index (χ2v) is 9.55. The van der Waals surface area contributed by atoms with Crippen LogP contribution in [0, 0.1) is 0 Å². The fourth-order valence-electron chi connectivity index (χ4n) is 3.59. The van der Waals surface area contributed by atoms with E-state index >= 15 is 0 Å². The van der Waals surface area contributed by atoms with E-state index in [4.69, 9.17) is 9.72 Å². The molecule has 0 fully saturated rings. The van der Waals surface area contributed by atoms with Gasteiger partial charge in [-0.3, -0.25) is 14.2 Å². The lowest BCUT2D eigenvalue weighted by Crippen LogP contribution is -2.36. The quantitative estimate of drug-likeness (QED) is 0.232. The second-order valence-electron chi connectivity index (χ2n) is 8.24. The Hall–Kier alpha value is -2.64. The van der Waals surface area contributed by atoms with Gasteiger partial charge >= 0.3 is 0 Å². The molecule has 7 heteroatoms. The van der Waals surface area contributed by atoms with Gasteiger partial charge in [-0.15, -0.1) is 0 Å². The van der Waals surface area contributed by atoms with E-state index in [1.165, 1.54) is 11.8 Å². The summed E-state index contributed by atoms with van der Waals surface area (Å²) in [6.45, 7) is 10.1. The van der Waals surface area contributed by atoms with Crippen LogP contribution in [0.3, 0.4) is 0 Å². The highest BCUT2D eigenvalue weighted by Crippen LogP contribution is 2.24. The number of rotatable bonds is 11. The molecule has 6 nitrogen and oxygen atoms in total. The molecule has 0 aliphatic carbocycles. The maximum atomic E-state index is 13.2. The number of carbonyl (C=O) groups is 1. The summed E-state index contributed by atoms with van der Waals surface area (Å²) in [6, 6.07) is 17.3. The summed E-state index contributed by atoms with van der Waals surface area (Å²) in [5.74, 6) is 0.0310. The molecule has 1 heterocycles. The van der Waals surface area contributed by atoms with Crippen molar-refractivity contribution in [3.05, 3.63) is 70.5 Å². The maximum Gasteiger partial charge on any atom is 0.262 e. The highest BCUT2D eigenvalue weighted by atomic mass is 32.2. The molecule has 33 heavy (non-hydrogen) atoms. The molecular formula is C26H33N3O3S. The number of thioether (sulfide) groups is 1. The van der Waals surface area contributed by atoms with Crippen molar-refractivity contribution in [3.8, 4) is 0 Å². The molecule has 1 amide bonds. The largest absolute Gasteiger partial charge is 0.379 e. The minimum Gasteiger partial charge on any atom is -0.379 e. The molecule has 3 rings (SSSR count). The highest BCUT2D eigenvalue weighted by molar-refractivity contribution is 8.00. The molecule has 3 aromatic rings. The Morgan fingerprint density at radius 2 is 1.79 bits per heavy atom. The Balaban J connectivity index is 1.82. The van der Waals surface area contributed by atoms with Gasteiger partial charge in [0.05, 0.1) is 22.3 Å². The van der Waals surface area contributed by atoms with Gasteiger partial charge in [-0.05, 0) is 51.8 Å². The Labute approximate surface area is 200 Å². The second kappa shape index (κ2) is 12.0. The summed E-state index contributed by atoms with van der Waals surface area (Å²) >= 11 is 1.35. The van der Waals surface area contributed by atoms with Crippen molar-refractivity contribution >= 4 is 28.6 Å². The van der Waals surface area contributed by atoms with Crippen LogP contribution in [0.4, 0.5) is 0 Å². The number of ether oxygens (including phenoxy) is 1. The predicted molar refractivity (Wildman–Crippen MR) is 135 cm³/mol. The zero-order valence-corrected chi connectivity index (χ0v) is 20.7. The maximum absolute atomic E-state index is 13.2. The van der Waals surface area contributed by atoms with E-state index in [-0.39, 0.29) is 22.8 Å². The van der Waals surface area contributed by atoms with Gasteiger partial charge in [0.2, 0.25) is 5.91 Å². The average molecular weight is 468 g/mol. The van der Waals surface area contributed by atoms with Gasteiger partial charge in [-0.2, -0.15) is 0 Å².